The maximum absolute atomic E-state index is 11.4. The molecule has 1 heterocycles. The molecule has 76 valence electrons. The molecule has 0 aromatic carbocycles. The Balaban J connectivity index is 1.84. The Kier molecular flexibility index (Phi) is 2.39. The standard InChI is InChI=1S/C9H14N4O/c1-13-8(5-6-10-13)12-9(14)11-7-3-2-4-7/h5-7H,2-4H2,1H3,(H2,11,12,14). The summed E-state index contributed by atoms with van der Waals surface area (Å²) >= 11 is 0. The molecule has 5 nitrogen and oxygen atoms in total. The van der Waals surface area contributed by atoms with E-state index in [2.05, 4.69) is 15.7 Å². The predicted octanol–water partition coefficient (Wildman–Crippen LogP) is 1.09. The van der Waals surface area contributed by atoms with Gasteiger partial charge in [0.05, 0.1) is 6.20 Å². The summed E-state index contributed by atoms with van der Waals surface area (Å²) in [7, 11) is 1.79. The lowest BCUT2D eigenvalue weighted by atomic mass is 9.93. The number of hydrogen-bond donors (Lipinski definition) is 2. The quantitative estimate of drug-likeness (QED) is 0.740. The van der Waals surface area contributed by atoms with Crippen LogP contribution >= 0.6 is 0 Å². The number of amides is 2. The van der Waals surface area contributed by atoms with Gasteiger partial charge in [-0.15, -0.1) is 0 Å². The topological polar surface area (TPSA) is 59.0 Å². The van der Waals surface area contributed by atoms with Crippen molar-refractivity contribution >= 4 is 11.8 Å². The summed E-state index contributed by atoms with van der Waals surface area (Å²) in [6, 6.07) is 1.99. The number of aryl methyl sites for hydroxylation is 1. The van der Waals surface area contributed by atoms with Gasteiger partial charge in [-0.2, -0.15) is 5.10 Å². The van der Waals surface area contributed by atoms with Crippen LogP contribution in [0, 0.1) is 0 Å². The molecular formula is C9H14N4O. The maximum atomic E-state index is 11.4. The van der Waals surface area contributed by atoms with E-state index < -0.39 is 0 Å². The highest BCUT2D eigenvalue weighted by molar-refractivity contribution is 5.88. The second kappa shape index (κ2) is 3.69. The van der Waals surface area contributed by atoms with Gasteiger partial charge < -0.3 is 5.32 Å². The molecule has 1 aliphatic carbocycles. The van der Waals surface area contributed by atoms with Crippen LogP contribution in [0.15, 0.2) is 12.3 Å². The Labute approximate surface area is 82.5 Å². The minimum atomic E-state index is -0.140. The van der Waals surface area contributed by atoms with E-state index in [-0.39, 0.29) is 6.03 Å². The molecule has 0 saturated heterocycles. The van der Waals surface area contributed by atoms with E-state index >= 15 is 0 Å². The third-order valence-electron chi connectivity index (χ3n) is 2.50. The summed E-state index contributed by atoms with van der Waals surface area (Å²) in [5, 5.41) is 9.59. The molecule has 2 amide bonds. The van der Waals surface area contributed by atoms with Gasteiger partial charge in [-0.25, -0.2) is 4.79 Å². The zero-order chi connectivity index (χ0) is 9.97. The van der Waals surface area contributed by atoms with Gasteiger partial charge in [0.1, 0.15) is 5.82 Å². The molecule has 5 heteroatoms. The van der Waals surface area contributed by atoms with Crippen molar-refractivity contribution in [3.05, 3.63) is 12.3 Å². The van der Waals surface area contributed by atoms with Crippen LogP contribution in [0.5, 0.6) is 0 Å². The number of aromatic nitrogens is 2. The molecule has 0 unspecified atom stereocenters. The van der Waals surface area contributed by atoms with Gasteiger partial charge in [0, 0.05) is 19.2 Å². The van der Waals surface area contributed by atoms with Crippen molar-refractivity contribution in [2.24, 2.45) is 7.05 Å². The van der Waals surface area contributed by atoms with E-state index in [1.54, 1.807) is 24.0 Å². The minimum Gasteiger partial charge on any atom is -0.335 e. The average Bonchev–Trinajstić information content (AvgIpc) is 2.45. The van der Waals surface area contributed by atoms with E-state index in [4.69, 9.17) is 0 Å². The lowest BCUT2D eigenvalue weighted by Crippen LogP contribution is -2.42. The Bertz CT molecular complexity index is 329. The van der Waals surface area contributed by atoms with Gasteiger partial charge in [-0.3, -0.25) is 10.00 Å². The molecule has 0 aliphatic heterocycles. The van der Waals surface area contributed by atoms with Gasteiger partial charge in [-0.05, 0) is 19.3 Å². The van der Waals surface area contributed by atoms with Crippen LogP contribution in [0.4, 0.5) is 10.6 Å². The molecule has 0 spiro atoms. The highest BCUT2D eigenvalue weighted by atomic mass is 16.2. The van der Waals surface area contributed by atoms with Crippen LogP contribution in [0.1, 0.15) is 19.3 Å². The second-order valence-corrected chi connectivity index (χ2v) is 3.57. The Morgan fingerprint density at radius 1 is 1.64 bits per heavy atom. The minimum absolute atomic E-state index is 0.140. The van der Waals surface area contributed by atoms with Gasteiger partial charge in [0.25, 0.3) is 0 Å². The first-order valence-corrected chi connectivity index (χ1v) is 4.81. The zero-order valence-corrected chi connectivity index (χ0v) is 8.16. The van der Waals surface area contributed by atoms with Crippen LogP contribution in [0.3, 0.4) is 0 Å². The number of hydrogen-bond acceptors (Lipinski definition) is 2. The SMILES string of the molecule is Cn1nccc1NC(=O)NC1CCC1. The highest BCUT2D eigenvalue weighted by Gasteiger charge is 2.19. The summed E-state index contributed by atoms with van der Waals surface area (Å²) in [6.07, 6.45) is 5.06. The predicted molar refractivity (Wildman–Crippen MR) is 53.0 cm³/mol. The number of urea groups is 1. The molecule has 1 aromatic rings. The summed E-state index contributed by atoms with van der Waals surface area (Å²) in [5.74, 6) is 0.710. The first-order valence-electron chi connectivity index (χ1n) is 4.81. The van der Waals surface area contributed by atoms with Crippen LogP contribution < -0.4 is 10.6 Å². The number of nitrogens with zero attached hydrogens (tertiary/aromatic N) is 2. The second-order valence-electron chi connectivity index (χ2n) is 3.57. The molecule has 1 aliphatic rings. The Morgan fingerprint density at radius 2 is 2.43 bits per heavy atom. The fourth-order valence-corrected chi connectivity index (χ4v) is 1.39. The lowest BCUT2D eigenvalue weighted by Gasteiger charge is -2.26. The fraction of sp³-hybridized carbons (Fsp3) is 0.556. The number of rotatable bonds is 2. The van der Waals surface area contributed by atoms with Gasteiger partial charge in [0.15, 0.2) is 0 Å². The Hall–Kier alpha value is -1.52. The van der Waals surface area contributed by atoms with Gasteiger partial charge >= 0.3 is 6.03 Å². The van der Waals surface area contributed by atoms with E-state index in [0.29, 0.717) is 11.9 Å². The van der Waals surface area contributed by atoms with Crippen LogP contribution in [-0.2, 0) is 7.05 Å². The van der Waals surface area contributed by atoms with Crippen molar-refractivity contribution in [3.63, 3.8) is 0 Å². The maximum Gasteiger partial charge on any atom is 0.320 e. The Morgan fingerprint density at radius 3 is 2.93 bits per heavy atom. The van der Waals surface area contributed by atoms with Crippen molar-refractivity contribution < 1.29 is 4.79 Å². The molecular weight excluding hydrogens is 180 g/mol. The van der Waals surface area contributed by atoms with Crippen LogP contribution in [0.2, 0.25) is 0 Å². The molecule has 2 rings (SSSR count). The van der Waals surface area contributed by atoms with Crippen LogP contribution in [-0.4, -0.2) is 21.9 Å². The monoisotopic (exact) mass is 194 g/mol. The third kappa shape index (κ3) is 1.86. The molecule has 1 aromatic heterocycles. The summed E-state index contributed by atoms with van der Waals surface area (Å²) in [4.78, 5) is 11.4. The molecule has 0 radical (unpaired) electrons. The zero-order valence-electron chi connectivity index (χ0n) is 8.16. The number of nitrogens with one attached hydrogen (secondary N) is 2. The largest absolute Gasteiger partial charge is 0.335 e. The van der Waals surface area contributed by atoms with E-state index in [1.807, 2.05) is 0 Å². The molecule has 0 bridgehead atoms. The van der Waals surface area contributed by atoms with Crippen molar-refractivity contribution in [2.75, 3.05) is 5.32 Å². The van der Waals surface area contributed by atoms with Gasteiger partial charge in [0.2, 0.25) is 0 Å². The smallest absolute Gasteiger partial charge is 0.320 e. The van der Waals surface area contributed by atoms with Crippen LogP contribution in [0.25, 0.3) is 0 Å². The molecule has 1 fully saturated rings. The molecule has 2 N–H and O–H groups in total. The summed E-state index contributed by atoms with van der Waals surface area (Å²) < 4.78 is 1.63. The van der Waals surface area contributed by atoms with Gasteiger partial charge in [-0.1, -0.05) is 0 Å². The average molecular weight is 194 g/mol. The van der Waals surface area contributed by atoms with Crippen molar-refractivity contribution in [2.45, 2.75) is 25.3 Å². The lowest BCUT2D eigenvalue weighted by molar-refractivity contribution is 0.240. The van der Waals surface area contributed by atoms with Crippen molar-refractivity contribution in [3.8, 4) is 0 Å². The summed E-state index contributed by atoms with van der Waals surface area (Å²) in [5.41, 5.74) is 0. The first kappa shape index (κ1) is 9.05. The highest BCUT2D eigenvalue weighted by Crippen LogP contribution is 2.18. The van der Waals surface area contributed by atoms with E-state index in [1.165, 1.54) is 6.42 Å². The van der Waals surface area contributed by atoms with E-state index in [9.17, 15) is 4.79 Å². The van der Waals surface area contributed by atoms with Crippen molar-refractivity contribution in [1.82, 2.24) is 15.1 Å². The molecule has 14 heavy (non-hydrogen) atoms. The molecule has 0 atom stereocenters. The third-order valence-corrected chi connectivity index (χ3v) is 2.50. The number of anilines is 1. The summed E-state index contributed by atoms with van der Waals surface area (Å²) in [6.45, 7) is 0. The van der Waals surface area contributed by atoms with E-state index in [0.717, 1.165) is 12.8 Å². The fourth-order valence-electron chi connectivity index (χ4n) is 1.39. The molecule has 1 saturated carbocycles. The number of carbonyl (C=O) groups is 1. The van der Waals surface area contributed by atoms with Crippen molar-refractivity contribution in [1.29, 1.82) is 0 Å². The normalized spacial score (nSPS) is 16.1. The first-order chi connectivity index (χ1) is 6.75. The number of carbonyl (C=O) groups excluding carboxylic acids is 1.